The standard InChI is InChI=1S/C11H12N2O2/c1-11(2,3)15-10(14)5-4-9-6-12-8-13-7-9/h6-8H,1-3H3. The molecule has 1 aromatic heterocycles. The van der Waals surface area contributed by atoms with E-state index in [4.69, 9.17) is 4.74 Å². The van der Waals surface area contributed by atoms with Gasteiger partial charge in [0.25, 0.3) is 0 Å². The van der Waals surface area contributed by atoms with Crippen LogP contribution in [0.3, 0.4) is 0 Å². The molecule has 78 valence electrons. The van der Waals surface area contributed by atoms with Gasteiger partial charge in [-0.1, -0.05) is 5.92 Å². The first-order valence-corrected chi connectivity index (χ1v) is 4.47. The Labute approximate surface area is 88.7 Å². The van der Waals surface area contributed by atoms with Crippen molar-refractivity contribution in [2.45, 2.75) is 26.4 Å². The van der Waals surface area contributed by atoms with Gasteiger partial charge in [0.15, 0.2) is 0 Å². The van der Waals surface area contributed by atoms with Gasteiger partial charge in [0.1, 0.15) is 11.9 Å². The first-order valence-electron chi connectivity index (χ1n) is 4.47. The molecular formula is C11H12N2O2. The second-order valence-corrected chi connectivity index (χ2v) is 3.88. The molecule has 0 aliphatic heterocycles. The van der Waals surface area contributed by atoms with Crippen LogP contribution in [0.25, 0.3) is 0 Å². The zero-order chi connectivity index (χ0) is 11.3. The summed E-state index contributed by atoms with van der Waals surface area (Å²) >= 11 is 0. The number of aromatic nitrogens is 2. The van der Waals surface area contributed by atoms with Crippen LogP contribution in [0.1, 0.15) is 26.3 Å². The summed E-state index contributed by atoms with van der Waals surface area (Å²) in [6, 6.07) is 0. The minimum Gasteiger partial charge on any atom is -0.450 e. The molecule has 1 heterocycles. The maximum Gasteiger partial charge on any atom is 0.385 e. The zero-order valence-electron chi connectivity index (χ0n) is 8.94. The lowest BCUT2D eigenvalue weighted by Crippen LogP contribution is -2.22. The van der Waals surface area contributed by atoms with Gasteiger partial charge >= 0.3 is 5.97 Å². The lowest BCUT2D eigenvalue weighted by Gasteiger charge is -2.16. The fourth-order valence-corrected chi connectivity index (χ4v) is 0.790. The van der Waals surface area contributed by atoms with Crippen molar-refractivity contribution in [3.05, 3.63) is 24.3 Å². The molecule has 0 radical (unpaired) electrons. The van der Waals surface area contributed by atoms with Gasteiger partial charge in [0, 0.05) is 18.3 Å². The van der Waals surface area contributed by atoms with Crippen molar-refractivity contribution in [1.29, 1.82) is 0 Å². The van der Waals surface area contributed by atoms with Crippen LogP contribution in [-0.2, 0) is 9.53 Å². The van der Waals surface area contributed by atoms with E-state index in [-0.39, 0.29) is 0 Å². The molecule has 0 aliphatic rings. The Balaban J connectivity index is 2.64. The molecule has 0 fully saturated rings. The summed E-state index contributed by atoms with van der Waals surface area (Å²) in [7, 11) is 0. The number of carbonyl (C=O) groups excluding carboxylic acids is 1. The minimum atomic E-state index is -0.550. The third-order valence-electron chi connectivity index (χ3n) is 1.27. The predicted molar refractivity (Wildman–Crippen MR) is 54.8 cm³/mol. The number of esters is 1. The van der Waals surface area contributed by atoms with Crippen molar-refractivity contribution >= 4 is 5.97 Å². The van der Waals surface area contributed by atoms with E-state index in [2.05, 4.69) is 21.8 Å². The summed E-state index contributed by atoms with van der Waals surface area (Å²) in [5.74, 6) is 4.43. The molecule has 0 atom stereocenters. The molecule has 1 aromatic rings. The van der Waals surface area contributed by atoms with Crippen LogP contribution in [0.2, 0.25) is 0 Å². The average molecular weight is 204 g/mol. The summed E-state index contributed by atoms with van der Waals surface area (Å²) in [6.07, 6.45) is 4.47. The van der Waals surface area contributed by atoms with E-state index >= 15 is 0 Å². The van der Waals surface area contributed by atoms with E-state index < -0.39 is 11.6 Å². The lowest BCUT2D eigenvalue weighted by molar-refractivity contribution is -0.147. The van der Waals surface area contributed by atoms with Crippen LogP contribution >= 0.6 is 0 Å². The van der Waals surface area contributed by atoms with Crippen molar-refractivity contribution in [3.8, 4) is 11.8 Å². The summed E-state index contributed by atoms with van der Waals surface area (Å²) in [6.45, 7) is 5.37. The van der Waals surface area contributed by atoms with E-state index in [0.717, 1.165) is 0 Å². The van der Waals surface area contributed by atoms with E-state index in [1.807, 2.05) is 0 Å². The quantitative estimate of drug-likeness (QED) is 0.470. The highest BCUT2D eigenvalue weighted by molar-refractivity contribution is 5.89. The molecule has 0 aromatic carbocycles. The van der Waals surface area contributed by atoms with Crippen LogP contribution in [-0.4, -0.2) is 21.5 Å². The van der Waals surface area contributed by atoms with E-state index in [1.165, 1.54) is 18.7 Å². The first kappa shape index (κ1) is 11.2. The second kappa shape index (κ2) is 4.56. The molecular weight excluding hydrogens is 192 g/mol. The number of ether oxygens (including phenoxy) is 1. The fraction of sp³-hybridized carbons (Fsp3) is 0.364. The number of hydrogen-bond acceptors (Lipinski definition) is 4. The molecule has 0 aliphatic carbocycles. The van der Waals surface area contributed by atoms with Gasteiger partial charge in [-0.3, -0.25) is 0 Å². The predicted octanol–water partition coefficient (Wildman–Crippen LogP) is 1.17. The molecule has 0 spiro atoms. The smallest absolute Gasteiger partial charge is 0.385 e. The van der Waals surface area contributed by atoms with Gasteiger partial charge in [-0.15, -0.1) is 0 Å². The van der Waals surface area contributed by atoms with Gasteiger partial charge in [-0.2, -0.15) is 0 Å². The molecule has 0 amide bonds. The molecule has 15 heavy (non-hydrogen) atoms. The molecule has 0 saturated carbocycles. The van der Waals surface area contributed by atoms with E-state index in [0.29, 0.717) is 5.56 Å². The van der Waals surface area contributed by atoms with Gasteiger partial charge in [-0.05, 0) is 20.8 Å². The van der Waals surface area contributed by atoms with Gasteiger partial charge in [0.05, 0.1) is 5.56 Å². The molecule has 1 rings (SSSR count). The topological polar surface area (TPSA) is 52.1 Å². The van der Waals surface area contributed by atoms with E-state index in [9.17, 15) is 4.79 Å². The monoisotopic (exact) mass is 204 g/mol. The highest BCUT2D eigenvalue weighted by atomic mass is 16.6. The highest BCUT2D eigenvalue weighted by Crippen LogP contribution is 2.06. The third-order valence-corrected chi connectivity index (χ3v) is 1.27. The van der Waals surface area contributed by atoms with Gasteiger partial charge < -0.3 is 4.74 Å². The van der Waals surface area contributed by atoms with Crippen LogP contribution < -0.4 is 0 Å². The maximum atomic E-state index is 11.2. The zero-order valence-corrected chi connectivity index (χ0v) is 8.94. The summed E-state index contributed by atoms with van der Waals surface area (Å²) in [5.41, 5.74) is 0.0715. The summed E-state index contributed by atoms with van der Waals surface area (Å²) in [4.78, 5) is 18.7. The van der Waals surface area contributed by atoms with Crippen LogP contribution in [0.4, 0.5) is 0 Å². The minimum absolute atomic E-state index is 0.515. The lowest BCUT2D eigenvalue weighted by atomic mass is 10.2. The average Bonchev–Trinajstić information content (AvgIpc) is 2.14. The van der Waals surface area contributed by atoms with Crippen molar-refractivity contribution in [2.24, 2.45) is 0 Å². The Morgan fingerprint density at radius 1 is 1.33 bits per heavy atom. The van der Waals surface area contributed by atoms with Crippen molar-refractivity contribution in [3.63, 3.8) is 0 Å². The summed E-state index contributed by atoms with van der Waals surface area (Å²) in [5, 5.41) is 0. The largest absolute Gasteiger partial charge is 0.450 e. The van der Waals surface area contributed by atoms with Crippen molar-refractivity contribution in [2.75, 3.05) is 0 Å². The number of rotatable bonds is 0. The number of hydrogen-bond donors (Lipinski definition) is 0. The van der Waals surface area contributed by atoms with Crippen LogP contribution in [0.5, 0.6) is 0 Å². The number of nitrogens with zero attached hydrogens (tertiary/aromatic N) is 2. The SMILES string of the molecule is CC(C)(C)OC(=O)C#Cc1cncnc1. The van der Waals surface area contributed by atoms with Crippen molar-refractivity contribution in [1.82, 2.24) is 9.97 Å². The maximum absolute atomic E-state index is 11.2. The Bertz CT molecular complexity index is 396. The molecule has 0 N–H and O–H groups in total. The first-order chi connectivity index (χ1) is 6.97. The highest BCUT2D eigenvalue weighted by Gasteiger charge is 2.13. The number of carbonyl (C=O) groups is 1. The fourth-order valence-electron chi connectivity index (χ4n) is 0.790. The molecule has 0 bridgehead atoms. The van der Waals surface area contributed by atoms with Crippen LogP contribution in [0, 0.1) is 11.8 Å². The Hall–Kier alpha value is -1.89. The molecule has 0 unspecified atom stereocenters. The van der Waals surface area contributed by atoms with Crippen molar-refractivity contribution < 1.29 is 9.53 Å². The van der Waals surface area contributed by atoms with Crippen LogP contribution in [0.15, 0.2) is 18.7 Å². The van der Waals surface area contributed by atoms with E-state index in [1.54, 1.807) is 20.8 Å². The Morgan fingerprint density at radius 2 is 1.93 bits per heavy atom. The molecule has 4 heteroatoms. The molecule has 4 nitrogen and oxygen atoms in total. The third kappa shape index (κ3) is 4.77. The Morgan fingerprint density at radius 3 is 2.47 bits per heavy atom. The second-order valence-electron chi connectivity index (χ2n) is 3.88. The van der Waals surface area contributed by atoms with Gasteiger partial charge in [0.2, 0.25) is 0 Å². The normalized spacial score (nSPS) is 10.1. The Kier molecular flexibility index (Phi) is 3.40. The summed E-state index contributed by atoms with van der Waals surface area (Å²) < 4.78 is 5.01. The van der Waals surface area contributed by atoms with Gasteiger partial charge in [-0.25, -0.2) is 14.8 Å². The molecule has 0 saturated heterocycles.